The number of ether oxygens (including phenoxy) is 1. The number of nitrogens with one attached hydrogen (secondary N) is 1. The molecule has 0 aliphatic carbocycles. The third-order valence-corrected chi connectivity index (χ3v) is 4.64. The number of anilines is 1. The van der Waals surface area contributed by atoms with Gasteiger partial charge in [0.1, 0.15) is 5.60 Å². The van der Waals surface area contributed by atoms with Crippen molar-refractivity contribution in [2.24, 2.45) is 0 Å². The molecule has 1 saturated heterocycles. The Morgan fingerprint density at radius 2 is 2.21 bits per heavy atom. The van der Waals surface area contributed by atoms with Crippen molar-refractivity contribution >= 4 is 40.3 Å². The number of amides is 1. The van der Waals surface area contributed by atoms with Crippen molar-refractivity contribution in [2.75, 3.05) is 18.4 Å². The number of nitrogens with zero attached hydrogens (tertiary/aromatic N) is 4. The fourth-order valence-electron chi connectivity index (χ4n) is 2.75. The van der Waals surface area contributed by atoms with E-state index < -0.39 is 5.60 Å². The number of hydrogen-bond acceptors (Lipinski definition) is 5. The van der Waals surface area contributed by atoms with E-state index in [1.807, 2.05) is 43.5 Å². The van der Waals surface area contributed by atoms with E-state index in [0.717, 1.165) is 28.6 Å². The van der Waals surface area contributed by atoms with Gasteiger partial charge in [0.15, 0.2) is 5.65 Å². The first-order valence-corrected chi connectivity index (χ1v) is 9.15. The highest BCUT2D eigenvalue weighted by atomic mass is 127. The van der Waals surface area contributed by atoms with Crippen LogP contribution in [0.3, 0.4) is 0 Å². The minimum absolute atomic E-state index is 0.136. The molecule has 0 radical (unpaired) electrons. The van der Waals surface area contributed by atoms with E-state index in [9.17, 15) is 4.79 Å². The normalized spacial score (nSPS) is 18.7. The molecule has 7 nitrogen and oxygen atoms in total. The molecule has 1 unspecified atom stereocenters. The maximum absolute atomic E-state index is 12.3. The fraction of sp³-hybridized carbons (Fsp3) is 0.562. The number of carbonyl (C=O) groups excluding carboxylic acids is 1. The highest BCUT2D eigenvalue weighted by Gasteiger charge is 2.28. The lowest BCUT2D eigenvalue weighted by Crippen LogP contribution is -2.47. The van der Waals surface area contributed by atoms with Crippen LogP contribution in [0.5, 0.6) is 0 Å². The monoisotopic (exact) mass is 443 g/mol. The van der Waals surface area contributed by atoms with Crippen LogP contribution in [0.2, 0.25) is 0 Å². The summed E-state index contributed by atoms with van der Waals surface area (Å²) in [6.07, 6.45) is 3.60. The Balaban J connectivity index is 1.69. The molecule has 0 bridgehead atoms. The molecule has 130 valence electrons. The van der Waals surface area contributed by atoms with Crippen LogP contribution in [0.1, 0.15) is 33.6 Å². The third-order valence-electron chi connectivity index (χ3n) is 3.79. The second kappa shape index (κ2) is 6.73. The van der Waals surface area contributed by atoms with Gasteiger partial charge in [-0.1, -0.05) is 0 Å². The zero-order valence-electron chi connectivity index (χ0n) is 14.1. The maximum atomic E-state index is 12.3. The van der Waals surface area contributed by atoms with Gasteiger partial charge >= 0.3 is 6.09 Å². The number of hydrogen-bond donors (Lipinski definition) is 1. The lowest BCUT2D eigenvalue weighted by atomic mass is 10.1. The molecule has 1 aliphatic heterocycles. The van der Waals surface area contributed by atoms with Crippen molar-refractivity contribution in [1.82, 2.24) is 19.5 Å². The van der Waals surface area contributed by atoms with Crippen LogP contribution in [0.15, 0.2) is 18.3 Å². The molecule has 1 amide bonds. The summed E-state index contributed by atoms with van der Waals surface area (Å²) >= 11 is 2.25. The SMILES string of the molecule is CC(C)(C)OC(=O)N1CCCC(Nc2nnc3c(I)cccn23)C1. The zero-order chi connectivity index (χ0) is 17.3. The average molecular weight is 443 g/mol. The Bertz CT molecular complexity index is 740. The minimum Gasteiger partial charge on any atom is -0.444 e. The summed E-state index contributed by atoms with van der Waals surface area (Å²) in [5.74, 6) is 0.708. The summed E-state index contributed by atoms with van der Waals surface area (Å²) in [5, 5.41) is 11.9. The van der Waals surface area contributed by atoms with Crippen molar-refractivity contribution in [1.29, 1.82) is 0 Å². The van der Waals surface area contributed by atoms with Crippen molar-refractivity contribution in [2.45, 2.75) is 45.3 Å². The van der Waals surface area contributed by atoms with Crippen LogP contribution in [0.4, 0.5) is 10.7 Å². The van der Waals surface area contributed by atoms with E-state index in [1.165, 1.54) is 0 Å². The molecule has 0 saturated carbocycles. The van der Waals surface area contributed by atoms with Crippen molar-refractivity contribution in [3.05, 3.63) is 21.9 Å². The van der Waals surface area contributed by atoms with Crippen LogP contribution >= 0.6 is 22.6 Å². The molecule has 0 aromatic carbocycles. The standard InChI is InChI=1S/C16H22IN5O2/c1-16(2,3)24-15(23)21-8-4-6-11(10-21)18-14-20-19-13-12(17)7-5-9-22(13)14/h5,7,9,11H,4,6,8,10H2,1-3H3,(H,18,20). The van der Waals surface area contributed by atoms with E-state index in [4.69, 9.17) is 4.74 Å². The van der Waals surface area contributed by atoms with Crippen LogP contribution < -0.4 is 5.32 Å². The lowest BCUT2D eigenvalue weighted by molar-refractivity contribution is 0.0206. The first-order valence-electron chi connectivity index (χ1n) is 8.07. The van der Waals surface area contributed by atoms with Crippen molar-refractivity contribution in [3.8, 4) is 0 Å². The molecule has 2 aromatic rings. The maximum Gasteiger partial charge on any atom is 0.410 e. The Kier molecular flexibility index (Phi) is 4.84. The first-order chi connectivity index (χ1) is 11.3. The number of fused-ring (bicyclic) bond motifs is 1. The molecule has 1 atom stereocenters. The Labute approximate surface area is 154 Å². The van der Waals surface area contributed by atoms with Gasteiger partial charge < -0.3 is 15.0 Å². The van der Waals surface area contributed by atoms with Gasteiger partial charge in [0.25, 0.3) is 0 Å². The topological polar surface area (TPSA) is 71.8 Å². The number of aromatic nitrogens is 3. The van der Waals surface area contributed by atoms with E-state index >= 15 is 0 Å². The fourth-order valence-corrected chi connectivity index (χ4v) is 3.33. The number of likely N-dealkylation sites (tertiary alicyclic amines) is 1. The number of rotatable bonds is 2. The van der Waals surface area contributed by atoms with Gasteiger partial charge in [0.2, 0.25) is 5.95 Å². The molecule has 0 spiro atoms. The number of halogens is 1. The van der Waals surface area contributed by atoms with Crippen LogP contribution in [0.25, 0.3) is 5.65 Å². The average Bonchev–Trinajstić information content (AvgIpc) is 2.90. The molecule has 3 heterocycles. The molecule has 2 aromatic heterocycles. The van der Waals surface area contributed by atoms with Crippen LogP contribution in [0, 0.1) is 3.57 Å². The second-order valence-corrected chi connectivity index (χ2v) is 8.15. The summed E-state index contributed by atoms with van der Waals surface area (Å²) in [6.45, 7) is 6.98. The number of piperidine rings is 1. The predicted octanol–water partition coefficient (Wildman–Crippen LogP) is 3.15. The van der Waals surface area contributed by atoms with Gasteiger partial charge in [-0.05, 0) is 68.3 Å². The number of carbonyl (C=O) groups is 1. The second-order valence-electron chi connectivity index (χ2n) is 6.98. The molecular formula is C16H22IN5O2. The highest BCUT2D eigenvalue weighted by Crippen LogP contribution is 2.20. The Morgan fingerprint density at radius 1 is 1.42 bits per heavy atom. The van der Waals surface area contributed by atoms with E-state index in [2.05, 4.69) is 38.1 Å². The zero-order valence-corrected chi connectivity index (χ0v) is 16.3. The smallest absolute Gasteiger partial charge is 0.410 e. The van der Waals surface area contributed by atoms with Gasteiger partial charge in [-0.25, -0.2) is 4.79 Å². The summed E-state index contributed by atoms with van der Waals surface area (Å²) in [4.78, 5) is 14.0. The van der Waals surface area contributed by atoms with Crippen LogP contribution in [-0.2, 0) is 4.74 Å². The van der Waals surface area contributed by atoms with Gasteiger partial charge in [-0.3, -0.25) is 4.40 Å². The molecule has 3 rings (SSSR count). The first kappa shape index (κ1) is 17.2. The molecule has 1 aliphatic rings. The summed E-state index contributed by atoms with van der Waals surface area (Å²) in [6, 6.07) is 4.10. The Hall–Kier alpha value is -1.58. The van der Waals surface area contributed by atoms with Crippen LogP contribution in [-0.4, -0.2) is 50.3 Å². The van der Waals surface area contributed by atoms with E-state index in [1.54, 1.807) is 4.90 Å². The van der Waals surface area contributed by atoms with E-state index in [-0.39, 0.29) is 12.1 Å². The lowest BCUT2D eigenvalue weighted by Gasteiger charge is -2.34. The number of pyridine rings is 1. The Morgan fingerprint density at radius 3 is 2.96 bits per heavy atom. The third kappa shape index (κ3) is 3.90. The highest BCUT2D eigenvalue weighted by molar-refractivity contribution is 14.1. The molecule has 24 heavy (non-hydrogen) atoms. The van der Waals surface area contributed by atoms with Gasteiger partial charge in [0.05, 0.1) is 3.57 Å². The molecule has 1 fully saturated rings. The summed E-state index contributed by atoms with van der Waals surface area (Å²) in [7, 11) is 0. The summed E-state index contributed by atoms with van der Waals surface area (Å²) in [5.41, 5.74) is 0.359. The predicted molar refractivity (Wildman–Crippen MR) is 100 cm³/mol. The largest absolute Gasteiger partial charge is 0.444 e. The van der Waals surface area contributed by atoms with E-state index in [0.29, 0.717) is 12.5 Å². The molecular weight excluding hydrogens is 421 g/mol. The molecule has 1 N–H and O–H groups in total. The van der Waals surface area contributed by atoms with Crippen molar-refractivity contribution < 1.29 is 9.53 Å². The molecule has 8 heteroatoms. The van der Waals surface area contributed by atoms with Crippen molar-refractivity contribution in [3.63, 3.8) is 0 Å². The quantitative estimate of drug-likeness (QED) is 0.723. The summed E-state index contributed by atoms with van der Waals surface area (Å²) < 4.78 is 8.46. The van der Waals surface area contributed by atoms with Gasteiger partial charge in [-0.2, -0.15) is 0 Å². The van der Waals surface area contributed by atoms with Gasteiger partial charge in [0, 0.05) is 25.3 Å². The van der Waals surface area contributed by atoms with Gasteiger partial charge in [-0.15, -0.1) is 10.2 Å². The minimum atomic E-state index is -0.475.